The number of sulfonamides is 1. The van der Waals surface area contributed by atoms with Crippen LogP contribution in [0.1, 0.15) is 36.9 Å². The van der Waals surface area contributed by atoms with E-state index in [2.05, 4.69) is 11.4 Å². The van der Waals surface area contributed by atoms with Crippen LogP contribution in [0.25, 0.3) is 0 Å². The van der Waals surface area contributed by atoms with Crippen LogP contribution in [-0.2, 0) is 21.2 Å². The third-order valence-electron chi connectivity index (χ3n) is 4.88. The van der Waals surface area contributed by atoms with Crippen molar-refractivity contribution in [2.24, 2.45) is 0 Å². The van der Waals surface area contributed by atoms with Gasteiger partial charge in [0.1, 0.15) is 6.04 Å². The van der Waals surface area contributed by atoms with Crippen LogP contribution in [0.2, 0.25) is 10.0 Å². The molecule has 0 fully saturated rings. The molecule has 0 spiro atoms. The molecule has 8 heteroatoms. The van der Waals surface area contributed by atoms with E-state index in [0.717, 1.165) is 35.4 Å². The number of aryl methyl sites for hydroxylation is 1. The zero-order chi connectivity index (χ0) is 20.5. The Balaban J connectivity index is 1.88. The maximum atomic E-state index is 13.0. The average molecular weight is 441 g/mol. The average Bonchev–Trinajstić information content (AvgIpc) is 2.60. The highest BCUT2D eigenvalue weighted by Crippen LogP contribution is 2.31. The number of amides is 1. The lowest BCUT2D eigenvalue weighted by atomic mass is 9.87. The summed E-state index contributed by atoms with van der Waals surface area (Å²) >= 11 is 12.1. The van der Waals surface area contributed by atoms with Crippen molar-refractivity contribution in [1.82, 2.24) is 5.32 Å². The van der Waals surface area contributed by atoms with Crippen molar-refractivity contribution < 1.29 is 13.2 Å². The van der Waals surface area contributed by atoms with Gasteiger partial charge in [0.2, 0.25) is 15.9 Å². The number of nitrogens with zero attached hydrogens (tertiary/aromatic N) is 1. The quantitative estimate of drug-likeness (QED) is 0.751. The van der Waals surface area contributed by atoms with E-state index < -0.39 is 16.1 Å². The zero-order valence-corrected chi connectivity index (χ0v) is 18.0. The summed E-state index contributed by atoms with van der Waals surface area (Å²) in [6.45, 7) is 1.56. The van der Waals surface area contributed by atoms with Gasteiger partial charge in [-0.05, 0) is 55.5 Å². The summed E-state index contributed by atoms with van der Waals surface area (Å²) in [6, 6.07) is 11.4. The molecule has 0 heterocycles. The van der Waals surface area contributed by atoms with E-state index in [4.69, 9.17) is 23.2 Å². The number of anilines is 1. The summed E-state index contributed by atoms with van der Waals surface area (Å²) in [4.78, 5) is 13.0. The first-order valence-corrected chi connectivity index (χ1v) is 11.6. The van der Waals surface area contributed by atoms with E-state index in [1.54, 1.807) is 6.92 Å². The van der Waals surface area contributed by atoms with Gasteiger partial charge in [0.05, 0.1) is 18.0 Å². The number of hydrogen-bond acceptors (Lipinski definition) is 3. The Morgan fingerprint density at radius 3 is 2.46 bits per heavy atom. The highest BCUT2D eigenvalue weighted by atomic mass is 35.5. The van der Waals surface area contributed by atoms with Crippen molar-refractivity contribution >= 4 is 44.8 Å². The van der Waals surface area contributed by atoms with Crippen LogP contribution in [0.4, 0.5) is 5.69 Å². The van der Waals surface area contributed by atoms with Crippen molar-refractivity contribution in [3.63, 3.8) is 0 Å². The number of rotatable bonds is 5. The second-order valence-corrected chi connectivity index (χ2v) is 9.75. The number of nitrogens with one attached hydrogen (secondary N) is 1. The normalized spacial score (nSPS) is 17.5. The van der Waals surface area contributed by atoms with Gasteiger partial charge >= 0.3 is 0 Å². The summed E-state index contributed by atoms with van der Waals surface area (Å²) < 4.78 is 26.0. The van der Waals surface area contributed by atoms with E-state index in [1.165, 1.54) is 23.8 Å². The molecule has 0 saturated heterocycles. The van der Waals surface area contributed by atoms with Crippen molar-refractivity contribution in [3.05, 3.63) is 63.6 Å². The molecule has 2 aromatic rings. The molecule has 28 heavy (non-hydrogen) atoms. The number of benzene rings is 2. The fourth-order valence-electron chi connectivity index (χ4n) is 3.67. The van der Waals surface area contributed by atoms with Gasteiger partial charge in [-0.2, -0.15) is 0 Å². The Morgan fingerprint density at radius 1 is 1.18 bits per heavy atom. The maximum absolute atomic E-state index is 13.0. The van der Waals surface area contributed by atoms with Gasteiger partial charge in [0.15, 0.2) is 0 Å². The highest BCUT2D eigenvalue weighted by Gasteiger charge is 2.31. The molecule has 0 radical (unpaired) electrons. The largest absolute Gasteiger partial charge is 0.347 e. The second-order valence-electron chi connectivity index (χ2n) is 7.01. The van der Waals surface area contributed by atoms with Gasteiger partial charge < -0.3 is 5.32 Å². The SMILES string of the molecule is C[C@H](C(=O)N[C@@H]1CCCc2ccccc21)N(c1cc(Cl)cc(Cl)c1)S(C)(=O)=O. The van der Waals surface area contributed by atoms with Crippen LogP contribution < -0.4 is 9.62 Å². The third kappa shape index (κ3) is 4.62. The molecule has 0 aliphatic heterocycles. The maximum Gasteiger partial charge on any atom is 0.244 e. The highest BCUT2D eigenvalue weighted by molar-refractivity contribution is 7.92. The summed E-state index contributed by atoms with van der Waals surface area (Å²) in [7, 11) is -3.74. The summed E-state index contributed by atoms with van der Waals surface area (Å²) in [5.74, 6) is -0.372. The zero-order valence-electron chi connectivity index (χ0n) is 15.7. The minimum absolute atomic E-state index is 0.135. The van der Waals surface area contributed by atoms with E-state index in [1.807, 2.05) is 18.2 Å². The van der Waals surface area contributed by atoms with E-state index >= 15 is 0 Å². The molecule has 1 aliphatic rings. The standard InChI is InChI=1S/C20H22Cl2N2O3S/c1-13(24(28(2,26)27)17-11-15(21)10-16(22)12-17)20(25)23-19-9-5-7-14-6-3-4-8-18(14)19/h3-4,6,8,10-13,19H,5,7,9H2,1-2H3,(H,23,25)/t13-,19-/m1/s1. The minimum atomic E-state index is -3.74. The van der Waals surface area contributed by atoms with Gasteiger partial charge in [0, 0.05) is 10.0 Å². The van der Waals surface area contributed by atoms with Crippen molar-refractivity contribution in [3.8, 4) is 0 Å². The van der Waals surface area contributed by atoms with Crippen LogP contribution in [0.3, 0.4) is 0 Å². The molecule has 0 aromatic heterocycles. The predicted octanol–water partition coefficient (Wildman–Crippen LogP) is 4.34. The monoisotopic (exact) mass is 440 g/mol. The number of fused-ring (bicyclic) bond motifs is 1. The molecular formula is C20H22Cl2N2O3S. The van der Waals surface area contributed by atoms with Gasteiger partial charge in [-0.15, -0.1) is 0 Å². The Kier molecular flexibility index (Phi) is 6.22. The Morgan fingerprint density at radius 2 is 1.82 bits per heavy atom. The first-order chi connectivity index (χ1) is 13.2. The summed E-state index contributed by atoms with van der Waals surface area (Å²) in [5, 5.41) is 3.61. The fraction of sp³-hybridized carbons (Fsp3) is 0.350. The predicted molar refractivity (Wildman–Crippen MR) is 114 cm³/mol. The Hall–Kier alpha value is -1.76. The molecule has 0 unspecified atom stereocenters. The van der Waals surface area contributed by atoms with E-state index in [-0.39, 0.29) is 17.6 Å². The molecular weight excluding hydrogens is 419 g/mol. The van der Waals surface area contributed by atoms with E-state index in [9.17, 15) is 13.2 Å². The van der Waals surface area contributed by atoms with Crippen LogP contribution in [0.15, 0.2) is 42.5 Å². The third-order valence-corrected chi connectivity index (χ3v) is 6.55. The number of halogens is 2. The fourth-order valence-corrected chi connectivity index (χ4v) is 5.34. The van der Waals surface area contributed by atoms with E-state index in [0.29, 0.717) is 10.0 Å². The van der Waals surface area contributed by atoms with Gasteiger partial charge in [-0.25, -0.2) is 8.42 Å². The first kappa shape index (κ1) is 21.0. The molecule has 1 N–H and O–H groups in total. The van der Waals surface area contributed by atoms with Crippen molar-refractivity contribution in [1.29, 1.82) is 0 Å². The Labute approximate surface area is 175 Å². The molecule has 0 bridgehead atoms. The lowest BCUT2D eigenvalue weighted by Crippen LogP contribution is -2.49. The second kappa shape index (κ2) is 8.31. The van der Waals surface area contributed by atoms with Gasteiger partial charge in [-0.1, -0.05) is 47.5 Å². The molecule has 0 saturated carbocycles. The number of hydrogen-bond donors (Lipinski definition) is 1. The molecule has 150 valence electrons. The molecule has 2 atom stereocenters. The smallest absolute Gasteiger partial charge is 0.244 e. The topological polar surface area (TPSA) is 66.5 Å². The first-order valence-electron chi connectivity index (χ1n) is 9.00. The lowest BCUT2D eigenvalue weighted by molar-refractivity contribution is -0.122. The van der Waals surface area contributed by atoms with Crippen LogP contribution >= 0.6 is 23.2 Å². The molecule has 1 aliphatic carbocycles. The number of carbonyl (C=O) groups excluding carboxylic acids is 1. The lowest BCUT2D eigenvalue weighted by Gasteiger charge is -2.32. The van der Waals surface area contributed by atoms with Crippen LogP contribution in [0.5, 0.6) is 0 Å². The van der Waals surface area contributed by atoms with Crippen molar-refractivity contribution in [2.45, 2.75) is 38.3 Å². The summed E-state index contributed by atoms with van der Waals surface area (Å²) in [6.07, 6.45) is 3.82. The van der Waals surface area contributed by atoms with Gasteiger partial charge in [0.25, 0.3) is 0 Å². The summed E-state index contributed by atoms with van der Waals surface area (Å²) in [5.41, 5.74) is 2.56. The van der Waals surface area contributed by atoms with Crippen LogP contribution in [0, 0.1) is 0 Å². The minimum Gasteiger partial charge on any atom is -0.347 e. The van der Waals surface area contributed by atoms with Crippen molar-refractivity contribution in [2.75, 3.05) is 10.6 Å². The molecule has 3 rings (SSSR count). The van der Waals surface area contributed by atoms with Gasteiger partial charge in [-0.3, -0.25) is 9.10 Å². The Bertz CT molecular complexity index is 974. The molecule has 5 nitrogen and oxygen atoms in total. The number of carbonyl (C=O) groups is 1. The van der Waals surface area contributed by atoms with Crippen LogP contribution in [-0.4, -0.2) is 26.6 Å². The molecule has 2 aromatic carbocycles. The molecule has 1 amide bonds.